The first-order chi connectivity index (χ1) is 14.9. The molecule has 0 radical (unpaired) electrons. The molecule has 4 rings (SSSR count). The van der Waals surface area contributed by atoms with E-state index >= 15 is 0 Å². The second-order valence-electron chi connectivity index (χ2n) is 9.34. The molecule has 6 heteroatoms. The molecule has 0 bridgehead atoms. The van der Waals surface area contributed by atoms with Crippen molar-refractivity contribution < 1.29 is 14.1 Å². The van der Waals surface area contributed by atoms with E-state index in [9.17, 15) is 9.59 Å². The molecule has 1 aliphatic heterocycles. The number of aromatic nitrogens is 1. The number of rotatable bonds is 5. The lowest BCUT2D eigenvalue weighted by molar-refractivity contribution is -0.137. The van der Waals surface area contributed by atoms with Crippen LogP contribution in [0, 0.1) is 25.2 Å². The van der Waals surface area contributed by atoms with E-state index in [-0.39, 0.29) is 23.1 Å². The Kier molecular flexibility index (Phi) is 6.17. The molecule has 31 heavy (non-hydrogen) atoms. The SMILES string of the molecule is Cc1noc(C)c1CCN(C)C(=O)C1CN(C(=O)c2ccccc2)CC12CCCCC2. The van der Waals surface area contributed by atoms with E-state index in [1.807, 2.05) is 61.0 Å². The second kappa shape index (κ2) is 8.85. The molecular formula is C25H33N3O3. The summed E-state index contributed by atoms with van der Waals surface area (Å²) in [5.74, 6) is 0.897. The van der Waals surface area contributed by atoms with Crippen molar-refractivity contribution in [3.63, 3.8) is 0 Å². The van der Waals surface area contributed by atoms with Gasteiger partial charge in [0.05, 0.1) is 11.6 Å². The van der Waals surface area contributed by atoms with Crippen LogP contribution in [-0.2, 0) is 11.2 Å². The van der Waals surface area contributed by atoms with Crippen LogP contribution in [0.2, 0.25) is 0 Å². The quantitative estimate of drug-likeness (QED) is 0.729. The fourth-order valence-electron chi connectivity index (χ4n) is 5.50. The number of nitrogens with zero attached hydrogens (tertiary/aromatic N) is 3. The van der Waals surface area contributed by atoms with Crippen LogP contribution >= 0.6 is 0 Å². The van der Waals surface area contributed by atoms with E-state index in [1.54, 1.807) is 0 Å². The van der Waals surface area contributed by atoms with Crippen LogP contribution in [0.25, 0.3) is 0 Å². The molecule has 1 saturated heterocycles. The van der Waals surface area contributed by atoms with Gasteiger partial charge in [-0.15, -0.1) is 0 Å². The number of likely N-dealkylation sites (N-methyl/N-ethyl adjacent to an activating group) is 1. The fraction of sp³-hybridized carbons (Fsp3) is 0.560. The molecule has 6 nitrogen and oxygen atoms in total. The predicted molar refractivity (Wildman–Crippen MR) is 119 cm³/mol. The maximum absolute atomic E-state index is 13.6. The van der Waals surface area contributed by atoms with Crippen molar-refractivity contribution in [1.29, 1.82) is 0 Å². The Morgan fingerprint density at radius 3 is 2.52 bits per heavy atom. The zero-order valence-corrected chi connectivity index (χ0v) is 18.9. The van der Waals surface area contributed by atoms with Gasteiger partial charge in [0, 0.05) is 43.2 Å². The molecule has 1 aromatic heterocycles. The van der Waals surface area contributed by atoms with E-state index in [0.717, 1.165) is 49.1 Å². The first kappa shape index (κ1) is 21.6. The predicted octanol–water partition coefficient (Wildman–Crippen LogP) is 4.02. The van der Waals surface area contributed by atoms with Crippen LogP contribution < -0.4 is 0 Å². The molecule has 1 atom stereocenters. The summed E-state index contributed by atoms with van der Waals surface area (Å²) in [5, 5.41) is 4.02. The zero-order valence-electron chi connectivity index (χ0n) is 18.9. The van der Waals surface area contributed by atoms with Gasteiger partial charge in [0.25, 0.3) is 5.91 Å². The lowest BCUT2D eigenvalue weighted by atomic mass is 9.67. The van der Waals surface area contributed by atoms with Crippen molar-refractivity contribution in [3.8, 4) is 0 Å². The molecule has 0 N–H and O–H groups in total. The molecule has 1 aliphatic carbocycles. The number of benzene rings is 1. The van der Waals surface area contributed by atoms with Crippen LogP contribution in [0.5, 0.6) is 0 Å². The minimum Gasteiger partial charge on any atom is -0.361 e. The highest BCUT2D eigenvalue weighted by Gasteiger charge is 2.52. The third-order valence-electron chi connectivity index (χ3n) is 7.36. The van der Waals surface area contributed by atoms with Crippen molar-refractivity contribution in [2.24, 2.45) is 11.3 Å². The van der Waals surface area contributed by atoms with Gasteiger partial charge < -0.3 is 14.3 Å². The average molecular weight is 424 g/mol. The molecule has 1 aromatic carbocycles. The lowest BCUT2D eigenvalue weighted by Gasteiger charge is -2.38. The summed E-state index contributed by atoms with van der Waals surface area (Å²) in [6.45, 7) is 5.69. The number of likely N-dealkylation sites (tertiary alicyclic amines) is 1. The molecule has 1 saturated carbocycles. The highest BCUT2D eigenvalue weighted by Crippen LogP contribution is 2.48. The number of hydrogen-bond acceptors (Lipinski definition) is 4. The van der Waals surface area contributed by atoms with Gasteiger partial charge in [-0.05, 0) is 45.2 Å². The molecule has 166 valence electrons. The smallest absolute Gasteiger partial charge is 0.253 e. The van der Waals surface area contributed by atoms with Crippen molar-refractivity contribution in [3.05, 3.63) is 52.9 Å². The van der Waals surface area contributed by atoms with Crippen molar-refractivity contribution >= 4 is 11.8 Å². The monoisotopic (exact) mass is 423 g/mol. The van der Waals surface area contributed by atoms with Crippen LogP contribution in [0.15, 0.2) is 34.9 Å². The second-order valence-corrected chi connectivity index (χ2v) is 9.34. The maximum atomic E-state index is 13.6. The molecule has 2 aromatic rings. The lowest BCUT2D eigenvalue weighted by Crippen LogP contribution is -2.43. The Bertz CT molecular complexity index is 911. The van der Waals surface area contributed by atoms with Gasteiger partial charge in [-0.1, -0.05) is 42.6 Å². The highest BCUT2D eigenvalue weighted by molar-refractivity contribution is 5.95. The summed E-state index contributed by atoms with van der Waals surface area (Å²) < 4.78 is 5.26. The highest BCUT2D eigenvalue weighted by atomic mass is 16.5. The summed E-state index contributed by atoms with van der Waals surface area (Å²) in [6, 6.07) is 9.43. The molecule has 2 aliphatic rings. The Labute approximate surface area is 184 Å². The Balaban J connectivity index is 1.50. The van der Waals surface area contributed by atoms with E-state index in [0.29, 0.717) is 25.2 Å². The summed E-state index contributed by atoms with van der Waals surface area (Å²) in [7, 11) is 1.89. The summed E-state index contributed by atoms with van der Waals surface area (Å²) in [4.78, 5) is 30.5. The number of carbonyl (C=O) groups excluding carboxylic acids is 2. The molecule has 2 heterocycles. The fourth-order valence-corrected chi connectivity index (χ4v) is 5.50. The number of hydrogen-bond donors (Lipinski definition) is 0. The minimum absolute atomic E-state index is 0.0409. The molecule has 1 unspecified atom stereocenters. The molecule has 2 fully saturated rings. The normalized spacial score (nSPS) is 20.2. The van der Waals surface area contributed by atoms with Gasteiger partial charge in [0.15, 0.2) is 0 Å². The Morgan fingerprint density at radius 1 is 1.16 bits per heavy atom. The van der Waals surface area contributed by atoms with Gasteiger partial charge in [-0.2, -0.15) is 0 Å². The molecule has 2 amide bonds. The third-order valence-corrected chi connectivity index (χ3v) is 7.36. The topological polar surface area (TPSA) is 66.7 Å². The zero-order chi connectivity index (χ0) is 22.0. The van der Waals surface area contributed by atoms with Gasteiger partial charge in [0.1, 0.15) is 5.76 Å². The number of amides is 2. The van der Waals surface area contributed by atoms with Gasteiger partial charge >= 0.3 is 0 Å². The van der Waals surface area contributed by atoms with Crippen molar-refractivity contribution in [2.45, 2.75) is 52.4 Å². The molecular weight excluding hydrogens is 390 g/mol. The van der Waals surface area contributed by atoms with Gasteiger partial charge in [0.2, 0.25) is 5.91 Å². The first-order valence-electron chi connectivity index (χ1n) is 11.4. The van der Waals surface area contributed by atoms with Crippen LogP contribution in [0.3, 0.4) is 0 Å². The summed E-state index contributed by atoms with van der Waals surface area (Å²) >= 11 is 0. The van der Waals surface area contributed by atoms with Crippen molar-refractivity contribution in [2.75, 3.05) is 26.7 Å². The van der Waals surface area contributed by atoms with E-state index in [2.05, 4.69) is 5.16 Å². The third kappa shape index (κ3) is 4.25. The van der Waals surface area contributed by atoms with Crippen LogP contribution in [-0.4, -0.2) is 53.5 Å². The van der Waals surface area contributed by atoms with Crippen LogP contribution in [0.4, 0.5) is 0 Å². The standard InChI is InChI=1S/C25H33N3O3/c1-18-21(19(2)31-26-18)12-15-27(3)24(30)22-16-28(17-25(22)13-8-5-9-14-25)23(29)20-10-6-4-7-11-20/h4,6-7,10-11,22H,5,8-9,12-17H2,1-3H3. The van der Waals surface area contributed by atoms with E-state index < -0.39 is 0 Å². The average Bonchev–Trinajstić information content (AvgIpc) is 3.31. The van der Waals surface area contributed by atoms with E-state index in [1.165, 1.54) is 6.42 Å². The van der Waals surface area contributed by atoms with Gasteiger partial charge in [-0.25, -0.2) is 0 Å². The van der Waals surface area contributed by atoms with Gasteiger partial charge in [-0.3, -0.25) is 9.59 Å². The summed E-state index contributed by atoms with van der Waals surface area (Å²) in [6.07, 6.45) is 6.28. The number of carbonyl (C=O) groups is 2. The maximum Gasteiger partial charge on any atom is 0.253 e. The number of aryl methyl sites for hydroxylation is 2. The Morgan fingerprint density at radius 2 is 1.87 bits per heavy atom. The van der Waals surface area contributed by atoms with E-state index in [4.69, 9.17) is 4.52 Å². The Hall–Kier alpha value is -2.63. The largest absolute Gasteiger partial charge is 0.361 e. The summed E-state index contributed by atoms with van der Waals surface area (Å²) in [5.41, 5.74) is 2.59. The van der Waals surface area contributed by atoms with Crippen LogP contribution in [0.1, 0.15) is 59.5 Å². The van der Waals surface area contributed by atoms with Crippen molar-refractivity contribution in [1.82, 2.24) is 15.0 Å². The minimum atomic E-state index is -0.130. The first-order valence-corrected chi connectivity index (χ1v) is 11.4. The molecule has 1 spiro atoms.